The lowest BCUT2D eigenvalue weighted by Gasteiger charge is -2.21. The van der Waals surface area contributed by atoms with E-state index in [4.69, 9.17) is 0 Å². The highest BCUT2D eigenvalue weighted by atomic mass is 32.2. The van der Waals surface area contributed by atoms with Gasteiger partial charge in [0.15, 0.2) is 0 Å². The van der Waals surface area contributed by atoms with Crippen molar-refractivity contribution in [1.82, 2.24) is 9.99 Å². The molecular weight excluding hydrogens is 443 g/mol. The zero-order valence-corrected chi connectivity index (χ0v) is 20.1. The van der Waals surface area contributed by atoms with Gasteiger partial charge in [-0.3, -0.25) is 9.10 Å². The molecule has 0 spiro atoms. The molecule has 0 radical (unpaired) electrons. The molecule has 1 amide bonds. The average molecular weight is 471 g/mol. The molecule has 0 atom stereocenters. The van der Waals surface area contributed by atoms with Crippen molar-refractivity contribution in [2.45, 2.75) is 27.7 Å². The van der Waals surface area contributed by atoms with Gasteiger partial charge in [-0.2, -0.15) is 5.10 Å². The number of aromatic nitrogens is 1. The number of carbonyl (C=O) groups is 1. The van der Waals surface area contributed by atoms with Crippen LogP contribution in [-0.4, -0.2) is 37.9 Å². The largest absolute Gasteiger partial charge is 0.318 e. The third kappa shape index (κ3) is 5.67. The smallest absolute Gasteiger partial charge is 0.260 e. The summed E-state index contributed by atoms with van der Waals surface area (Å²) in [4.78, 5) is 12.4. The molecule has 7 nitrogen and oxygen atoms in total. The van der Waals surface area contributed by atoms with Crippen molar-refractivity contribution in [2.75, 3.05) is 17.1 Å². The molecule has 0 saturated heterocycles. The van der Waals surface area contributed by atoms with Gasteiger partial charge in [-0.05, 0) is 69.7 Å². The molecule has 3 aromatic rings. The Kier molecular flexibility index (Phi) is 7.02. The Morgan fingerprint density at radius 3 is 2.36 bits per heavy atom. The summed E-state index contributed by atoms with van der Waals surface area (Å²) in [5.74, 6) is -1.12. The lowest BCUT2D eigenvalue weighted by molar-refractivity contribution is -0.119. The van der Waals surface area contributed by atoms with Crippen molar-refractivity contribution in [3.05, 3.63) is 82.4 Å². The summed E-state index contributed by atoms with van der Waals surface area (Å²) in [7, 11) is -3.76. The van der Waals surface area contributed by atoms with Crippen LogP contribution in [0.3, 0.4) is 0 Å². The van der Waals surface area contributed by atoms with Gasteiger partial charge in [-0.25, -0.2) is 18.2 Å². The fourth-order valence-electron chi connectivity index (χ4n) is 3.69. The van der Waals surface area contributed by atoms with E-state index in [1.165, 1.54) is 23.9 Å². The Balaban J connectivity index is 1.75. The first-order valence-electron chi connectivity index (χ1n) is 10.3. The van der Waals surface area contributed by atoms with Gasteiger partial charge in [-0.15, -0.1) is 0 Å². The third-order valence-electron chi connectivity index (χ3n) is 5.26. The van der Waals surface area contributed by atoms with Gasteiger partial charge in [-0.1, -0.05) is 17.7 Å². The van der Waals surface area contributed by atoms with Crippen LogP contribution in [0, 0.1) is 33.5 Å². The number of nitrogens with zero attached hydrogens (tertiary/aromatic N) is 3. The molecular formula is C24H27FN4O3S. The minimum atomic E-state index is -3.76. The maximum Gasteiger partial charge on any atom is 0.260 e. The van der Waals surface area contributed by atoms with Gasteiger partial charge >= 0.3 is 0 Å². The number of benzene rings is 2. The minimum absolute atomic E-state index is 0.190. The zero-order chi connectivity index (χ0) is 24.3. The monoisotopic (exact) mass is 470 g/mol. The molecule has 1 heterocycles. The first-order valence-corrected chi connectivity index (χ1v) is 12.1. The molecule has 0 unspecified atom stereocenters. The maximum atomic E-state index is 13.2. The number of carbonyl (C=O) groups excluding carboxylic acids is 1. The first-order chi connectivity index (χ1) is 15.5. The van der Waals surface area contributed by atoms with E-state index in [0.717, 1.165) is 50.9 Å². The maximum absolute atomic E-state index is 13.2. The lowest BCUT2D eigenvalue weighted by atomic mass is 10.1. The number of hydrogen-bond donors (Lipinski definition) is 1. The predicted octanol–water partition coefficient (Wildman–Crippen LogP) is 3.77. The van der Waals surface area contributed by atoms with Crippen LogP contribution in [0.5, 0.6) is 0 Å². The van der Waals surface area contributed by atoms with Crippen molar-refractivity contribution < 1.29 is 17.6 Å². The molecule has 1 N–H and O–H groups in total. The lowest BCUT2D eigenvalue weighted by Crippen LogP contribution is -2.39. The first kappa shape index (κ1) is 24.2. The van der Waals surface area contributed by atoms with Crippen molar-refractivity contribution in [3.63, 3.8) is 0 Å². The van der Waals surface area contributed by atoms with E-state index in [-0.39, 0.29) is 5.69 Å². The number of halogens is 1. The van der Waals surface area contributed by atoms with Crippen molar-refractivity contribution >= 4 is 27.8 Å². The molecule has 9 heteroatoms. The van der Waals surface area contributed by atoms with E-state index in [0.29, 0.717) is 0 Å². The Hall–Kier alpha value is -3.46. The van der Waals surface area contributed by atoms with Gasteiger partial charge < -0.3 is 4.57 Å². The summed E-state index contributed by atoms with van der Waals surface area (Å²) >= 11 is 0. The summed E-state index contributed by atoms with van der Waals surface area (Å²) in [6.45, 7) is 7.59. The summed E-state index contributed by atoms with van der Waals surface area (Å²) in [5.41, 5.74) is 8.77. The minimum Gasteiger partial charge on any atom is -0.318 e. The third-order valence-corrected chi connectivity index (χ3v) is 6.40. The topological polar surface area (TPSA) is 83.8 Å². The fraction of sp³-hybridized carbons (Fsp3) is 0.250. The van der Waals surface area contributed by atoms with Gasteiger partial charge in [0, 0.05) is 22.6 Å². The zero-order valence-electron chi connectivity index (χ0n) is 19.3. The van der Waals surface area contributed by atoms with E-state index in [1.54, 1.807) is 0 Å². The SMILES string of the molecule is Cc1ccc(-n2c(C)cc(/C=N\NC(=O)CN(c3ccc(F)cc3)S(C)(=O)=O)c2C)c(C)c1. The Morgan fingerprint density at radius 1 is 1.09 bits per heavy atom. The molecule has 0 aliphatic heterocycles. The second-order valence-corrected chi connectivity index (χ2v) is 9.90. The van der Waals surface area contributed by atoms with Crippen LogP contribution in [0.15, 0.2) is 53.6 Å². The fourth-order valence-corrected chi connectivity index (χ4v) is 4.55. The Morgan fingerprint density at radius 2 is 1.76 bits per heavy atom. The van der Waals surface area contributed by atoms with Crippen LogP contribution in [0.4, 0.5) is 10.1 Å². The van der Waals surface area contributed by atoms with Crippen LogP contribution in [-0.2, 0) is 14.8 Å². The summed E-state index contributed by atoms with van der Waals surface area (Å²) in [6, 6.07) is 13.1. The summed E-state index contributed by atoms with van der Waals surface area (Å²) in [5, 5.41) is 4.01. The van der Waals surface area contributed by atoms with Gasteiger partial charge in [0.25, 0.3) is 5.91 Å². The number of hydrazone groups is 1. The number of amides is 1. The number of aryl methyl sites for hydroxylation is 3. The second kappa shape index (κ2) is 9.58. The average Bonchev–Trinajstić information content (AvgIpc) is 3.00. The normalized spacial score (nSPS) is 11.7. The number of rotatable bonds is 7. The van der Waals surface area contributed by atoms with E-state index in [1.807, 2.05) is 26.8 Å². The highest BCUT2D eigenvalue weighted by molar-refractivity contribution is 7.92. The Labute approximate surface area is 193 Å². The van der Waals surface area contributed by atoms with Crippen LogP contribution >= 0.6 is 0 Å². The van der Waals surface area contributed by atoms with Gasteiger partial charge in [0.05, 0.1) is 18.2 Å². The number of hydrogen-bond acceptors (Lipinski definition) is 4. The molecule has 0 saturated carbocycles. The van der Waals surface area contributed by atoms with Gasteiger partial charge in [0.1, 0.15) is 12.4 Å². The molecule has 1 aromatic heterocycles. The van der Waals surface area contributed by atoms with Crippen LogP contribution in [0.2, 0.25) is 0 Å². The summed E-state index contributed by atoms with van der Waals surface area (Å²) < 4.78 is 40.4. The number of sulfonamides is 1. The van der Waals surface area contributed by atoms with Crippen LogP contribution in [0.25, 0.3) is 5.69 Å². The predicted molar refractivity (Wildman–Crippen MR) is 129 cm³/mol. The summed E-state index contributed by atoms with van der Waals surface area (Å²) in [6.07, 6.45) is 2.51. The standard InChI is InChI=1S/C24H27FN4O3S/c1-16-6-11-23(17(2)12-16)29-18(3)13-20(19(29)4)14-26-27-24(30)15-28(33(5,31)32)22-9-7-21(25)8-10-22/h6-14H,15H2,1-5H3,(H,27,30)/b26-14-. The van der Waals surface area contributed by atoms with E-state index in [2.05, 4.69) is 40.2 Å². The molecule has 0 fully saturated rings. The molecule has 3 rings (SSSR count). The van der Waals surface area contributed by atoms with Crippen LogP contribution in [0.1, 0.15) is 28.1 Å². The van der Waals surface area contributed by atoms with Gasteiger partial charge in [0.2, 0.25) is 10.0 Å². The molecule has 0 bridgehead atoms. The van der Waals surface area contributed by atoms with Crippen molar-refractivity contribution in [3.8, 4) is 5.69 Å². The number of anilines is 1. The van der Waals surface area contributed by atoms with Crippen LogP contribution < -0.4 is 9.73 Å². The highest BCUT2D eigenvalue weighted by Crippen LogP contribution is 2.23. The quantitative estimate of drug-likeness (QED) is 0.422. The van der Waals surface area contributed by atoms with E-state index in [9.17, 15) is 17.6 Å². The molecule has 0 aliphatic rings. The van der Waals surface area contributed by atoms with Crippen molar-refractivity contribution in [1.29, 1.82) is 0 Å². The van der Waals surface area contributed by atoms with E-state index < -0.39 is 28.3 Å². The molecule has 2 aromatic carbocycles. The van der Waals surface area contributed by atoms with E-state index >= 15 is 0 Å². The molecule has 0 aliphatic carbocycles. The Bertz CT molecular complexity index is 1310. The second-order valence-electron chi connectivity index (χ2n) is 7.99. The number of nitrogens with one attached hydrogen (secondary N) is 1. The highest BCUT2D eigenvalue weighted by Gasteiger charge is 2.20. The molecule has 174 valence electrons. The van der Waals surface area contributed by atoms with Crippen molar-refractivity contribution in [2.24, 2.45) is 5.10 Å². The molecule has 33 heavy (non-hydrogen) atoms.